The minimum atomic E-state index is -4.70. The normalized spacial score (nSPS) is 20.9. The van der Waals surface area contributed by atoms with Crippen LogP contribution in [0.4, 0.5) is 27.8 Å². The van der Waals surface area contributed by atoms with E-state index < -0.39 is 41.0 Å². The molecule has 3 rings (SSSR count). The lowest BCUT2D eigenvalue weighted by Gasteiger charge is -2.49. The Balaban J connectivity index is 1.86. The molecule has 2 N–H and O–H groups in total. The molecule has 0 saturated heterocycles. The Morgan fingerprint density at radius 2 is 1.90 bits per heavy atom. The molecule has 0 radical (unpaired) electrons. The molecule has 2 aromatic heterocycles. The first-order valence-corrected chi connectivity index (χ1v) is 9.67. The van der Waals surface area contributed by atoms with E-state index in [0.29, 0.717) is 17.9 Å². The van der Waals surface area contributed by atoms with E-state index in [0.717, 1.165) is 18.5 Å². The molecule has 2 aromatic rings. The van der Waals surface area contributed by atoms with Crippen LogP contribution in [0.5, 0.6) is 0 Å². The summed E-state index contributed by atoms with van der Waals surface area (Å²) in [5.74, 6) is -3.59. The van der Waals surface area contributed by atoms with E-state index in [1.807, 2.05) is 0 Å². The summed E-state index contributed by atoms with van der Waals surface area (Å²) >= 11 is 0. The summed E-state index contributed by atoms with van der Waals surface area (Å²) in [6, 6.07) is 0.595. The number of aliphatic hydroxyl groups excluding tert-OH is 1. The summed E-state index contributed by atoms with van der Waals surface area (Å²) in [6.07, 6.45) is -2.55. The molecule has 0 aromatic carbocycles. The molecule has 0 bridgehead atoms. The smallest absolute Gasteiger partial charge is 0.421 e. The number of alkyl halides is 5. The van der Waals surface area contributed by atoms with Gasteiger partial charge in [-0.05, 0) is 12.8 Å². The first-order valence-electron chi connectivity index (χ1n) is 9.67. The highest BCUT2D eigenvalue weighted by molar-refractivity contribution is 5.47. The van der Waals surface area contributed by atoms with Crippen molar-refractivity contribution in [3.63, 3.8) is 0 Å². The summed E-state index contributed by atoms with van der Waals surface area (Å²) in [5.41, 5.74) is -1.96. The number of rotatable bonds is 6. The fraction of sp³-hybridized carbons (Fsp3) is 0.550. The summed E-state index contributed by atoms with van der Waals surface area (Å²) in [7, 11) is 0. The molecule has 11 heteroatoms. The van der Waals surface area contributed by atoms with E-state index in [1.54, 1.807) is 13.8 Å². The highest BCUT2D eigenvalue weighted by Gasteiger charge is 2.48. The Kier molecular flexibility index (Phi) is 5.85. The van der Waals surface area contributed by atoms with Crippen LogP contribution in [0.15, 0.2) is 24.7 Å². The SMILES string of the molecule is CC(F)(F)c1cc[n+]([O-])cc1CCc1ncc(C(F)(F)F)c(N[C@@H]2C[C@H](O)C2(C)C)n1. The van der Waals surface area contributed by atoms with E-state index in [-0.39, 0.29) is 36.2 Å². The molecule has 0 spiro atoms. The van der Waals surface area contributed by atoms with Crippen LogP contribution in [-0.4, -0.2) is 27.2 Å². The number of nitrogens with zero attached hydrogens (tertiary/aromatic N) is 3. The molecule has 31 heavy (non-hydrogen) atoms. The summed E-state index contributed by atoms with van der Waals surface area (Å²) < 4.78 is 68.2. The quantitative estimate of drug-likeness (QED) is 0.403. The van der Waals surface area contributed by atoms with Gasteiger partial charge < -0.3 is 15.6 Å². The monoisotopic (exact) mass is 446 g/mol. The van der Waals surface area contributed by atoms with E-state index in [2.05, 4.69) is 15.3 Å². The van der Waals surface area contributed by atoms with Gasteiger partial charge in [0.05, 0.1) is 6.10 Å². The van der Waals surface area contributed by atoms with Crippen LogP contribution in [-0.2, 0) is 24.9 Å². The minimum absolute atomic E-state index is 0.0137. The van der Waals surface area contributed by atoms with E-state index in [1.165, 1.54) is 0 Å². The van der Waals surface area contributed by atoms with Crippen LogP contribution >= 0.6 is 0 Å². The number of aliphatic hydroxyl groups is 1. The molecule has 0 aliphatic heterocycles. The largest absolute Gasteiger partial charge is 0.619 e. The van der Waals surface area contributed by atoms with Crippen LogP contribution < -0.4 is 10.0 Å². The second kappa shape index (κ2) is 7.85. The lowest BCUT2D eigenvalue weighted by molar-refractivity contribution is -0.606. The van der Waals surface area contributed by atoms with Gasteiger partial charge in [-0.1, -0.05) is 13.8 Å². The second-order valence-corrected chi connectivity index (χ2v) is 8.45. The van der Waals surface area contributed by atoms with Gasteiger partial charge in [-0.2, -0.15) is 17.9 Å². The molecule has 1 aliphatic rings. The van der Waals surface area contributed by atoms with Crippen molar-refractivity contribution in [3.8, 4) is 0 Å². The third kappa shape index (κ3) is 4.86. The molecule has 1 fully saturated rings. The third-order valence-corrected chi connectivity index (χ3v) is 5.78. The van der Waals surface area contributed by atoms with Gasteiger partial charge in [0.15, 0.2) is 12.4 Å². The zero-order valence-corrected chi connectivity index (χ0v) is 17.2. The lowest BCUT2D eigenvalue weighted by atomic mass is 9.64. The molecule has 0 amide bonds. The molecule has 170 valence electrons. The average Bonchev–Trinajstić information content (AvgIpc) is 2.64. The summed E-state index contributed by atoms with van der Waals surface area (Å²) in [6.45, 7) is 4.16. The van der Waals surface area contributed by atoms with Gasteiger partial charge in [0.1, 0.15) is 17.2 Å². The second-order valence-electron chi connectivity index (χ2n) is 8.45. The maximum atomic E-state index is 13.8. The molecule has 2 heterocycles. The Hall–Kier alpha value is -2.56. The molecule has 0 unspecified atom stereocenters. The van der Waals surface area contributed by atoms with Gasteiger partial charge >= 0.3 is 6.18 Å². The van der Waals surface area contributed by atoms with Crippen molar-refractivity contribution in [1.82, 2.24) is 9.97 Å². The fourth-order valence-corrected chi connectivity index (χ4v) is 3.56. The van der Waals surface area contributed by atoms with Gasteiger partial charge in [-0.25, -0.2) is 18.7 Å². The first-order chi connectivity index (χ1) is 14.2. The molecule has 1 aliphatic carbocycles. The number of aryl methyl sites for hydroxylation is 2. The standard InChI is InChI=1S/C20H23F5N4O2/c1-18(2)14(8-15(18)30)27-17-13(20(23,24)25)9-26-16(28-17)5-4-11-10-29(31)7-6-12(11)19(3,21)22/h6-7,9-10,14-15,30H,4-5,8H2,1-3H3,(H,26,27,28)/t14-,15+/m1/s1. The molecule has 2 atom stereocenters. The van der Waals surface area contributed by atoms with Crippen molar-refractivity contribution in [3.05, 3.63) is 52.4 Å². The van der Waals surface area contributed by atoms with Crippen LogP contribution in [0.2, 0.25) is 0 Å². The predicted octanol–water partition coefficient (Wildman–Crippen LogP) is 3.60. The number of hydrogen-bond acceptors (Lipinski definition) is 5. The van der Waals surface area contributed by atoms with Crippen LogP contribution in [0.3, 0.4) is 0 Å². The average molecular weight is 446 g/mol. The summed E-state index contributed by atoms with van der Waals surface area (Å²) in [5, 5.41) is 24.1. The number of anilines is 1. The summed E-state index contributed by atoms with van der Waals surface area (Å²) in [4.78, 5) is 7.73. The maximum absolute atomic E-state index is 13.8. The van der Waals surface area contributed by atoms with Crippen LogP contribution in [0.1, 0.15) is 49.7 Å². The van der Waals surface area contributed by atoms with Crippen molar-refractivity contribution in [2.45, 2.75) is 64.3 Å². The molecular formula is C20H23F5N4O2. The van der Waals surface area contributed by atoms with Gasteiger partial charge in [0, 0.05) is 48.2 Å². The van der Waals surface area contributed by atoms with Gasteiger partial charge in [-0.15, -0.1) is 0 Å². The van der Waals surface area contributed by atoms with E-state index >= 15 is 0 Å². The maximum Gasteiger partial charge on any atom is 0.421 e. The fourth-order valence-electron chi connectivity index (χ4n) is 3.56. The van der Waals surface area contributed by atoms with Crippen molar-refractivity contribution in [1.29, 1.82) is 0 Å². The Morgan fingerprint density at radius 1 is 1.23 bits per heavy atom. The highest BCUT2D eigenvalue weighted by Crippen LogP contribution is 2.43. The van der Waals surface area contributed by atoms with E-state index in [9.17, 15) is 32.3 Å². The predicted molar refractivity (Wildman–Crippen MR) is 101 cm³/mol. The van der Waals surface area contributed by atoms with Gasteiger partial charge in [0.25, 0.3) is 5.92 Å². The molecule has 6 nitrogen and oxygen atoms in total. The number of nitrogens with one attached hydrogen (secondary N) is 1. The number of halogens is 5. The van der Waals surface area contributed by atoms with Crippen molar-refractivity contribution in [2.75, 3.05) is 5.32 Å². The Morgan fingerprint density at radius 3 is 2.45 bits per heavy atom. The van der Waals surface area contributed by atoms with Crippen molar-refractivity contribution >= 4 is 5.82 Å². The zero-order chi connectivity index (χ0) is 23.2. The Bertz CT molecular complexity index is 960. The van der Waals surface area contributed by atoms with E-state index in [4.69, 9.17) is 0 Å². The lowest BCUT2D eigenvalue weighted by Crippen LogP contribution is -2.57. The number of aromatic nitrogens is 3. The van der Waals surface area contributed by atoms with Crippen molar-refractivity contribution < 1.29 is 31.8 Å². The number of hydrogen-bond donors (Lipinski definition) is 2. The third-order valence-electron chi connectivity index (χ3n) is 5.78. The first kappa shape index (κ1) is 23.1. The van der Waals surface area contributed by atoms with Gasteiger partial charge in [-0.3, -0.25) is 0 Å². The highest BCUT2D eigenvalue weighted by atomic mass is 19.4. The Labute approximate surface area is 175 Å². The van der Waals surface area contributed by atoms with Crippen LogP contribution in [0, 0.1) is 10.6 Å². The van der Waals surface area contributed by atoms with Crippen molar-refractivity contribution in [2.24, 2.45) is 5.41 Å². The number of pyridine rings is 1. The molecular weight excluding hydrogens is 423 g/mol. The molecule has 1 saturated carbocycles. The minimum Gasteiger partial charge on any atom is -0.619 e. The topological polar surface area (TPSA) is 85.0 Å². The van der Waals surface area contributed by atoms with Gasteiger partial charge in [0.2, 0.25) is 0 Å². The zero-order valence-electron chi connectivity index (χ0n) is 17.2. The van der Waals surface area contributed by atoms with Crippen LogP contribution in [0.25, 0.3) is 0 Å².